The van der Waals surface area contributed by atoms with Crippen LogP contribution in [0.5, 0.6) is 0 Å². The number of halogens is 3. The highest BCUT2D eigenvalue weighted by Gasteiger charge is 2.17. The van der Waals surface area contributed by atoms with E-state index in [1.807, 2.05) is 12.1 Å². The zero-order valence-corrected chi connectivity index (χ0v) is 13.3. The molecule has 94 valence electrons. The van der Waals surface area contributed by atoms with Crippen molar-refractivity contribution in [1.29, 1.82) is 0 Å². The SMILES string of the molecule is CCOC(=O)c1cnc2c(Br)ccc(Br)c2c1Cl. The third-order valence-corrected chi connectivity index (χ3v) is 4.05. The summed E-state index contributed by atoms with van der Waals surface area (Å²) in [5.41, 5.74) is 0.965. The van der Waals surface area contributed by atoms with Crippen molar-refractivity contribution in [2.45, 2.75) is 6.92 Å². The number of carbonyl (C=O) groups excluding carboxylic acids is 1. The molecule has 18 heavy (non-hydrogen) atoms. The van der Waals surface area contributed by atoms with Crippen molar-refractivity contribution in [3.63, 3.8) is 0 Å². The van der Waals surface area contributed by atoms with Crippen LogP contribution in [-0.4, -0.2) is 17.6 Å². The highest BCUT2D eigenvalue weighted by Crippen LogP contribution is 2.35. The van der Waals surface area contributed by atoms with Crippen LogP contribution in [0.25, 0.3) is 10.9 Å². The van der Waals surface area contributed by atoms with Gasteiger partial charge in [0, 0.05) is 20.5 Å². The summed E-state index contributed by atoms with van der Waals surface area (Å²) in [6.07, 6.45) is 1.43. The fraction of sp³-hybridized carbons (Fsp3) is 0.167. The van der Waals surface area contributed by atoms with E-state index in [4.69, 9.17) is 16.3 Å². The van der Waals surface area contributed by atoms with E-state index in [0.717, 1.165) is 8.95 Å². The second-order valence-corrected chi connectivity index (χ2v) is 5.55. The lowest BCUT2D eigenvalue weighted by atomic mass is 10.1. The van der Waals surface area contributed by atoms with Gasteiger partial charge in [0.2, 0.25) is 0 Å². The molecule has 0 N–H and O–H groups in total. The maximum absolute atomic E-state index is 11.7. The van der Waals surface area contributed by atoms with Gasteiger partial charge >= 0.3 is 5.97 Å². The van der Waals surface area contributed by atoms with Gasteiger partial charge in [-0.3, -0.25) is 4.98 Å². The van der Waals surface area contributed by atoms with Gasteiger partial charge in [-0.15, -0.1) is 0 Å². The standard InChI is InChI=1S/C12H8Br2ClNO2/c1-2-18-12(17)6-5-16-11-8(14)4-3-7(13)9(11)10(6)15/h3-5H,2H2,1H3. The summed E-state index contributed by atoms with van der Waals surface area (Å²) in [6.45, 7) is 2.04. The Morgan fingerprint density at radius 1 is 1.39 bits per heavy atom. The van der Waals surface area contributed by atoms with Crippen molar-refractivity contribution in [1.82, 2.24) is 4.98 Å². The van der Waals surface area contributed by atoms with Crippen LogP contribution in [0, 0.1) is 0 Å². The molecule has 3 nitrogen and oxygen atoms in total. The van der Waals surface area contributed by atoms with Gasteiger partial charge in [-0.05, 0) is 35.0 Å². The number of carbonyl (C=O) groups is 1. The number of hydrogen-bond acceptors (Lipinski definition) is 3. The Labute approximate surface area is 126 Å². The number of aromatic nitrogens is 1. The minimum Gasteiger partial charge on any atom is -0.462 e. The van der Waals surface area contributed by atoms with E-state index in [-0.39, 0.29) is 5.56 Å². The third kappa shape index (κ3) is 2.39. The molecular formula is C12H8Br2ClNO2. The minimum atomic E-state index is -0.469. The predicted octanol–water partition coefficient (Wildman–Crippen LogP) is 4.59. The van der Waals surface area contributed by atoms with Crippen LogP contribution in [-0.2, 0) is 4.74 Å². The number of hydrogen-bond donors (Lipinski definition) is 0. The van der Waals surface area contributed by atoms with Crippen LogP contribution in [0.4, 0.5) is 0 Å². The van der Waals surface area contributed by atoms with E-state index in [2.05, 4.69) is 36.8 Å². The first kappa shape index (κ1) is 13.8. The number of benzene rings is 1. The van der Waals surface area contributed by atoms with Crippen molar-refractivity contribution in [3.05, 3.63) is 37.9 Å². The van der Waals surface area contributed by atoms with Crippen molar-refractivity contribution in [3.8, 4) is 0 Å². The molecule has 0 fully saturated rings. The third-order valence-electron chi connectivity index (χ3n) is 2.35. The molecule has 0 saturated carbocycles. The Bertz CT molecular complexity index is 631. The van der Waals surface area contributed by atoms with Crippen LogP contribution < -0.4 is 0 Å². The zero-order valence-electron chi connectivity index (χ0n) is 9.34. The number of rotatable bonds is 2. The van der Waals surface area contributed by atoms with Gasteiger partial charge in [-0.25, -0.2) is 4.79 Å². The molecule has 0 radical (unpaired) electrons. The molecule has 0 unspecified atom stereocenters. The molecule has 2 aromatic rings. The van der Waals surface area contributed by atoms with Crippen LogP contribution in [0.2, 0.25) is 5.02 Å². The van der Waals surface area contributed by atoms with Crippen molar-refractivity contribution in [2.75, 3.05) is 6.61 Å². The van der Waals surface area contributed by atoms with Gasteiger partial charge in [0.1, 0.15) is 0 Å². The maximum Gasteiger partial charge on any atom is 0.341 e. The fourth-order valence-corrected chi connectivity index (χ4v) is 2.93. The minimum absolute atomic E-state index is 0.268. The molecule has 0 spiro atoms. The van der Waals surface area contributed by atoms with E-state index in [9.17, 15) is 4.79 Å². The van der Waals surface area contributed by atoms with Crippen molar-refractivity contribution < 1.29 is 9.53 Å². The normalized spacial score (nSPS) is 10.7. The van der Waals surface area contributed by atoms with Gasteiger partial charge in [0.05, 0.1) is 22.7 Å². The van der Waals surface area contributed by atoms with Gasteiger partial charge in [0.25, 0.3) is 0 Å². The topological polar surface area (TPSA) is 39.2 Å². The molecule has 0 saturated heterocycles. The van der Waals surface area contributed by atoms with Crippen LogP contribution in [0.3, 0.4) is 0 Å². The summed E-state index contributed by atoms with van der Waals surface area (Å²) >= 11 is 13.1. The second-order valence-electron chi connectivity index (χ2n) is 3.46. The quantitative estimate of drug-likeness (QED) is 0.701. The summed E-state index contributed by atoms with van der Waals surface area (Å²) in [4.78, 5) is 16.0. The first-order valence-electron chi connectivity index (χ1n) is 5.15. The van der Waals surface area contributed by atoms with Crippen LogP contribution in [0.1, 0.15) is 17.3 Å². The Balaban J connectivity index is 2.71. The highest BCUT2D eigenvalue weighted by atomic mass is 79.9. The van der Waals surface area contributed by atoms with Gasteiger partial charge in [-0.2, -0.15) is 0 Å². The predicted molar refractivity (Wildman–Crippen MR) is 78.1 cm³/mol. The molecule has 1 heterocycles. The average Bonchev–Trinajstić information content (AvgIpc) is 2.34. The Hall–Kier alpha value is -0.650. The molecular weight excluding hydrogens is 385 g/mol. The van der Waals surface area contributed by atoms with Gasteiger partial charge < -0.3 is 4.74 Å². The Morgan fingerprint density at radius 2 is 2.06 bits per heavy atom. The van der Waals surface area contributed by atoms with Crippen molar-refractivity contribution >= 4 is 60.3 Å². The van der Waals surface area contributed by atoms with E-state index in [0.29, 0.717) is 22.5 Å². The highest BCUT2D eigenvalue weighted by molar-refractivity contribution is 9.11. The summed E-state index contributed by atoms with van der Waals surface area (Å²) in [5, 5.41) is 1.03. The molecule has 0 atom stereocenters. The maximum atomic E-state index is 11.7. The molecule has 0 aliphatic heterocycles. The van der Waals surface area contributed by atoms with E-state index in [1.165, 1.54) is 6.20 Å². The lowest BCUT2D eigenvalue weighted by molar-refractivity contribution is 0.0526. The zero-order chi connectivity index (χ0) is 13.3. The lowest BCUT2D eigenvalue weighted by Gasteiger charge is -2.09. The lowest BCUT2D eigenvalue weighted by Crippen LogP contribution is -2.06. The first-order valence-corrected chi connectivity index (χ1v) is 7.12. The van der Waals surface area contributed by atoms with Gasteiger partial charge in [-0.1, -0.05) is 27.5 Å². The molecule has 2 rings (SSSR count). The van der Waals surface area contributed by atoms with E-state index < -0.39 is 5.97 Å². The van der Waals surface area contributed by atoms with Gasteiger partial charge in [0.15, 0.2) is 0 Å². The first-order chi connectivity index (χ1) is 8.56. The van der Waals surface area contributed by atoms with Crippen molar-refractivity contribution in [2.24, 2.45) is 0 Å². The molecule has 0 aliphatic rings. The monoisotopic (exact) mass is 391 g/mol. The number of pyridine rings is 1. The number of nitrogens with zero attached hydrogens (tertiary/aromatic N) is 1. The molecule has 0 aliphatic carbocycles. The number of ether oxygens (including phenoxy) is 1. The molecule has 0 amide bonds. The van der Waals surface area contributed by atoms with Crippen LogP contribution in [0.15, 0.2) is 27.3 Å². The second kappa shape index (κ2) is 5.55. The molecule has 1 aromatic carbocycles. The molecule has 6 heteroatoms. The fourth-order valence-electron chi connectivity index (χ4n) is 1.55. The largest absolute Gasteiger partial charge is 0.462 e. The Kier molecular flexibility index (Phi) is 4.25. The van der Waals surface area contributed by atoms with E-state index >= 15 is 0 Å². The molecule has 1 aromatic heterocycles. The summed E-state index contributed by atoms with van der Waals surface area (Å²) in [6, 6.07) is 3.70. The summed E-state index contributed by atoms with van der Waals surface area (Å²) < 4.78 is 6.54. The van der Waals surface area contributed by atoms with Crippen LogP contribution >= 0.6 is 43.5 Å². The Morgan fingerprint density at radius 3 is 2.72 bits per heavy atom. The van der Waals surface area contributed by atoms with E-state index in [1.54, 1.807) is 6.92 Å². The average molecular weight is 393 g/mol. The smallest absolute Gasteiger partial charge is 0.341 e. The number of esters is 1. The molecule has 0 bridgehead atoms. The summed E-state index contributed by atoms with van der Waals surface area (Å²) in [7, 11) is 0. The summed E-state index contributed by atoms with van der Waals surface area (Å²) in [5.74, 6) is -0.469. The number of fused-ring (bicyclic) bond motifs is 1.